The van der Waals surface area contributed by atoms with Crippen LogP contribution in [0.3, 0.4) is 0 Å². The predicted octanol–water partition coefficient (Wildman–Crippen LogP) is 1.90. The van der Waals surface area contributed by atoms with Gasteiger partial charge in [0.1, 0.15) is 0 Å². The molecule has 70 valence electrons. The summed E-state index contributed by atoms with van der Waals surface area (Å²) in [6, 6.07) is 0. The molecule has 0 radical (unpaired) electrons. The number of aldehydes is 1. The Morgan fingerprint density at radius 1 is 1.38 bits per heavy atom. The monoisotopic (exact) mass is 178 g/mol. The van der Waals surface area contributed by atoms with Crippen molar-refractivity contribution in [2.24, 2.45) is 0 Å². The minimum absolute atomic E-state index is 0.0332. The van der Waals surface area contributed by atoms with Gasteiger partial charge >= 0.3 is 0 Å². The highest BCUT2D eigenvalue weighted by Gasteiger charge is 2.17. The minimum atomic E-state index is 0.0332. The smallest absolute Gasteiger partial charge is 0.192 e. The molecule has 1 aromatic rings. The molecule has 0 aliphatic carbocycles. The van der Waals surface area contributed by atoms with Gasteiger partial charge in [-0.2, -0.15) is 0 Å². The Morgan fingerprint density at radius 2 is 2.00 bits per heavy atom. The summed E-state index contributed by atoms with van der Waals surface area (Å²) in [5.41, 5.74) is 1.99. The molecule has 0 aromatic carbocycles. The summed E-state index contributed by atoms with van der Waals surface area (Å²) < 4.78 is 0. The van der Waals surface area contributed by atoms with Crippen LogP contribution < -0.4 is 0 Å². The molecular weight excluding hydrogens is 164 g/mol. The SMILES string of the molecule is Cc1nc(C=O)ncc1C(C)(C)C. The van der Waals surface area contributed by atoms with E-state index in [1.54, 1.807) is 6.20 Å². The van der Waals surface area contributed by atoms with Crippen LogP contribution in [0.4, 0.5) is 0 Å². The molecule has 1 heterocycles. The summed E-state index contributed by atoms with van der Waals surface area (Å²) in [5, 5.41) is 0. The van der Waals surface area contributed by atoms with Gasteiger partial charge < -0.3 is 0 Å². The fourth-order valence-corrected chi connectivity index (χ4v) is 1.28. The third-order valence-electron chi connectivity index (χ3n) is 1.91. The van der Waals surface area contributed by atoms with Crippen molar-refractivity contribution in [3.8, 4) is 0 Å². The predicted molar refractivity (Wildman–Crippen MR) is 50.9 cm³/mol. The molecule has 0 amide bonds. The first-order valence-corrected chi connectivity index (χ1v) is 4.24. The standard InChI is InChI=1S/C10H14N2O/c1-7-8(10(2,3)4)5-11-9(6-13)12-7/h5-6H,1-4H3. The van der Waals surface area contributed by atoms with E-state index in [1.807, 2.05) is 6.92 Å². The quantitative estimate of drug-likeness (QED) is 0.617. The topological polar surface area (TPSA) is 42.9 Å². The molecule has 0 N–H and O–H groups in total. The van der Waals surface area contributed by atoms with Crippen molar-refractivity contribution in [2.45, 2.75) is 33.1 Å². The van der Waals surface area contributed by atoms with Crippen molar-refractivity contribution in [1.82, 2.24) is 9.97 Å². The lowest BCUT2D eigenvalue weighted by Crippen LogP contribution is -2.15. The molecule has 13 heavy (non-hydrogen) atoms. The Morgan fingerprint density at radius 3 is 2.38 bits per heavy atom. The van der Waals surface area contributed by atoms with Gasteiger partial charge in [0.2, 0.25) is 0 Å². The number of hydrogen-bond donors (Lipinski definition) is 0. The normalized spacial score (nSPS) is 11.4. The first-order valence-electron chi connectivity index (χ1n) is 4.24. The van der Waals surface area contributed by atoms with Gasteiger partial charge in [0.05, 0.1) is 0 Å². The van der Waals surface area contributed by atoms with Crippen molar-refractivity contribution in [3.63, 3.8) is 0 Å². The summed E-state index contributed by atoms with van der Waals surface area (Å²) in [7, 11) is 0. The van der Waals surface area contributed by atoms with Crippen LogP contribution in [0.15, 0.2) is 6.20 Å². The Bertz CT molecular complexity index is 326. The van der Waals surface area contributed by atoms with Crippen molar-refractivity contribution >= 4 is 6.29 Å². The molecule has 0 fully saturated rings. The number of aryl methyl sites for hydroxylation is 1. The number of rotatable bonds is 1. The van der Waals surface area contributed by atoms with Gasteiger partial charge in [-0.15, -0.1) is 0 Å². The van der Waals surface area contributed by atoms with Gasteiger partial charge in [0.15, 0.2) is 12.1 Å². The van der Waals surface area contributed by atoms with Gasteiger partial charge in [0.25, 0.3) is 0 Å². The number of nitrogens with zero attached hydrogens (tertiary/aromatic N) is 2. The molecule has 0 bridgehead atoms. The first kappa shape index (κ1) is 9.84. The Hall–Kier alpha value is -1.25. The molecule has 1 aromatic heterocycles. The average molecular weight is 178 g/mol. The summed E-state index contributed by atoms with van der Waals surface area (Å²) in [4.78, 5) is 18.4. The highest BCUT2D eigenvalue weighted by Crippen LogP contribution is 2.23. The largest absolute Gasteiger partial charge is 0.294 e. The first-order chi connectivity index (χ1) is 5.95. The zero-order valence-corrected chi connectivity index (χ0v) is 8.46. The lowest BCUT2D eigenvalue weighted by molar-refractivity contribution is 0.111. The van der Waals surface area contributed by atoms with E-state index >= 15 is 0 Å². The second kappa shape index (κ2) is 3.24. The van der Waals surface area contributed by atoms with Gasteiger partial charge in [-0.25, -0.2) is 9.97 Å². The van der Waals surface area contributed by atoms with Crippen LogP contribution in [0, 0.1) is 6.92 Å². The molecule has 0 aliphatic rings. The highest BCUT2D eigenvalue weighted by atomic mass is 16.1. The van der Waals surface area contributed by atoms with E-state index in [9.17, 15) is 4.79 Å². The molecule has 0 saturated heterocycles. The summed E-state index contributed by atoms with van der Waals surface area (Å²) in [6.45, 7) is 8.19. The fourth-order valence-electron chi connectivity index (χ4n) is 1.28. The number of carbonyl (C=O) groups is 1. The summed E-state index contributed by atoms with van der Waals surface area (Å²) in [6.07, 6.45) is 2.39. The van der Waals surface area contributed by atoms with E-state index in [-0.39, 0.29) is 11.2 Å². The average Bonchev–Trinajstić information content (AvgIpc) is 2.01. The van der Waals surface area contributed by atoms with Crippen molar-refractivity contribution in [2.75, 3.05) is 0 Å². The zero-order valence-electron chi connectivity index (χ0n) is 8.46. The van der Waals surface area contributed by atoms with Crippen molar-refractivity contribution < 1.29 is 4.79 Å². The molecular formula is C10H14N2O. The van der Waals surface area contributed by atoms with E-state index in [0.717, 1.165) is 11.3 Å². The second-order valence-corrected chi connectivity index (χ2v) is 4.10. The van der Waals surface area contributed by atoms with Crippen LogP contribution in [0.1, 0.15) is 42.6 Å². The molecule has 3 heteroatoms. The maximum atomic E-state index is 10.4. The van der Waals surface area contributed by atoms with Gasteiger partial charge in [0, 0.05) is 11.9 Å². The van der Waals surface area contributed by atoms with Crippen molar-refractivity contribution in [1.29, 1.82) is 0 Å². The molecule has 0 saturated carbocycles. The van der Waals surface area contributed by atoms with Crippen LogP contribution >= 0.6 is 0 Å². The Labute approximate surface area is 78.2 Å². The maximum absolute atomic E-state index is 10.4. The molecule has 1 rings (SSSR count). The van der Waals surface area contributed by atoms with E-state index in [1.165, 1.54) is 0 Å². The third-order valence-corrected chi connectivity index (χ3v) is 1.91. The molecule has 0 unspecified atom stereocenters. The third kappa shape index (κ3) is 2.11. The van der Waals surface area contributed by atoms with Crippen LogP contribution in [0.25, 0.3) is 0 Å². The van der Waals surface area contributed by atoms with Crippen LogP contribution in [0.2, 0.25) is 0 Å². The van der Waals surface area contributed by atoms with E-state index < -0.39 is 0 Å². The zero-order chi connectivity index (χ0) is 10.1. The number of hydrogen-bond acceptors (Lipinski definition) is 3. The Kier molecular flexibility index (Phi) is 2.45. The lowest BCUT2D eigenvalue weighted by Gasteiger charge is -2.19. The van der Waals surface area contributed by atoms with Crippen LogP contribution in [0.5, 0.6) is 0 Å². The highest BCUT2D eigenvalue weighted by molar-refractivity contribution is 5.68. The van der Waals surface area contributed by atoms with Gasteiger partial charge in [-0.05, 0) is 17.9 Å². The summed E-state index contributed by atoms with van der Waals surface area (Å²) >= 11 is 0. The van der Waals surface area contributed by atoms with Crippen LogP contribution in [-0.4, -0.2) is 16.3 Å². The summed E-state index contributed by atoms with van der Waals surface area (Å²) in [5.74, 6) is 0.255. The molecule has 0 atom stereocenters. The number of aromatic nitrogens is 2. The second-order valence-electron chi connectivity index (χ2n) is 4.10. The molecule has 0 aliphatic heterocycles. The lowest BCUT2D eigenvalue weighted by atomic mass is 9.87. The van der Waals surface area contributed by atoms with Crippen LogP contribution in [-0.2, 0) is 5.41 Å². The Balaban J connectivity index is 3.20. The van der Waals surface area contributed by atoms with E-state index in [0.29, 0.717) is 6.29 Å². The fraction of sp³-hybridized carbons (Fsp3) is 0.500. The van der Waals surface area contributed by atoms with E-state index in [4.69, 9.17) is 0 Å². The molecule has 3 nitrogen and oxygen atoms in total. The van der Waals surface area contributed by atoms with Gasteiger partial charge in [-0.3, -0.25) is 4.79 Å². The van der Waals surface area contributed by atoms with Crippen molar-refractivity contribution in [3.05, 3.63) is 23.3 Å². The van der Waals surface area contributed by atoms with E-state index in [2.05, 4.69) is 30.7 Å². The van der Waals surface area contributed by atoms with Gasteiger partial charge in [-0.1, -0.05) is 20.8 Å². The molecule has 0 spiro atoms. The number of carbonyl (C=O) groups excluding carboxylic acids is 1. The minimum Gasteiger partial charge on any atom is -0.294 e. The maximum Gasteiger partial charge on any atom is 0.192 e.